The van der Waals surface area contributed by atoms with Crippen molar-refractivity contribution in [1.29, 1.82) is 0 Å². The van der Waals surface area contributed by atoms with Crippen LogP contribution in [0.2, 0.25) is 0 Å². The van der Waals surface area contributed by atoms with Gasteiger partial charge < -0.3 is 9.73 Å². The lowest BCUT2D eigenvalue weighted by molar-refractivity contribution is 0.414. The van der Waals surface area contributed by atoms with E-state index < -0.39 is 0 Å². The van der Waals surface area contributed by atoms with Crippen molar-refractivity contribution in [1.82, 2.24) is 5.32 Å². The van der Waals surface area contributed by atoms with Crippen molar-refractivity contribution in [2.75, 3.05) is 0 Å². The molecule has 0 aliphatic rings. The van der Waals surface area contributed by atoms with Gasteiger partial charge in [-0.15, -0.1) is 0 Å². The van der Waals surface area contributed by atoms with E-state index in [0.29, 0.717) is 0 Å². The van der Waals surface area contributed by atoms with Gasteiger partial charge in [0.05, 0.1) is 6.04 Å². The van der Waals surface area contributed by atoms with E-state index >= 15 is 0 Å². The zero-order valence-corrected chi connectivity index (χ0v) is 13.1. The van der Waals surface area contributed by atoms with Crippen LogP contribution in [0.4, 0.5) is 4.39 Å². The molecule has 0 saturated carbocycles. The topological polar surface area (TPSA) is 25.2 Å². The van der Waals surface area contributed by atoms with Gasteiger partial charge >= 0.3 is 0 Å². The summed E-state index contributed by atoms with van der Waals surface area (Å²) in [5, 5.41) is 4.62. The van der Waals surface area contributed by atoms with Gasteiger partial charge in [-0.05, 0) is 50.1 Å². The SMILES string of the molecule is Cc1c(C(C)NC(C)c2cccc(F)c2)oc2ccccc12. The summed E-state index contributed by atoms with van der Waals surface area (Å²) < 4.78 is 19.3. The van der Waals surface area contributed by atoms with Crippen molar-refractivity contribution in [3.63, 3.8) is 0 Å². The highest BCUT2D eigenvalue weighted by Gasteiger charge is 2.18. The lowest BCUT2D eigenvalue weighted by atomic mass is 10.1. The molecule has 2 nitrogen and oxygen atoms in total. The Morgan fingerprint density at radius 1 is 1.00 bits per heavy atom. The molecule has 114 valence electrons. The number of aryl methyl sites for hydroxylation is 1. The summed E-state index contributed by atoms with van der Waals surface area (Å²) in [7, 11) is 0. The van der Waals surface area contributed by atoms with Crippen LogP contribution in [0, 0.1) is 12.7 Å². The van der Waals surface area contributed by atoms with Crippen molar-refractivity contribution in [3.8, 4) is 0 Å². The predicted octanol–water partition coefficient (Wildman–Crippen LogP) is 5.29. The van der Waals surface area contributed by atoms with Gasteiger partial charge in [-0.25, -0.2) is 4.39 Å². The molecule has 2 unspecified atom stereocenters. The standard InChI is InChI=1S/C19H20FNO/c1-12-17-9-4-5-10-18(17)22-19(12)14(3)21-13(2)15-7-6-8-16(20)11-15/h4-11,13-14,21H,1-3H3. The molecular weight excluding hydrogens is 277 g/mol. The van der Waals surface area contributed by atoms with E-state index in [2.05, 4.69) is 25.2 Å². The summed E-state index contributed by atoms with van der Waals surface area (Å²) >= 11 is 0. The number of hydrogen-bond donors (Lipinski definition) is 1. The number of halogens is 1. The maximum atomic E-state index is 13.3. The van der Waals surface area contributed by atoms with E-state index in [0.717, 1.165) is 27.9 Å². The third kappa shape index (κ3) is 2.77. The fraction of sp³-hybridized carbons (Fsp3) is 0.263. The van der Waals surface area contributed by atoms with E-state index in [1.807, 2.05) is 31.2 Å². The van der Waals surface area contributed by atoms with Crippen molar-refractivity contribution in [2.24, 2.45) is 0 Å². The first-order valence-corrected chi connectivity index (χ1v) is 7.56. The van der Waals surface area contributed by atoms with Crippen molar-refractivity contribution in [3.05, 3.63) is 71.2 Å². The molecule has 2 aromatic carbocycles. The number of fused-ring (bicyclic) bond motifs is 1. The van der Waals surface area contributed by atoms with Gasteiger partial charge in [-0.2, -0.15) is 0 Å². The third-order valence-electron chi connectivity index (χ3n) is 4.12. The minimum Gasteiger partial charge on any atom is -0.459 e. The monoisotopic (exact) mass is 297 g/mol. The first-order valence-electron chi connectivity index (χ1n) is 7.56. The van der Waals surface area contributed by atoms with Crippen LogP contribution >= 0.6 is 0 Å². The Morgan fingerprint density at radius 3 is 2.50 bits per heavy atom. The Balaban J connectivity index is 1.84. The molecule has 1 N–H and O–H groups in total. The van der Waals surface area contributed by atoms with Crippen molar-refractivity contribution >= 4 is 11.0 Å². The van der Waals surface area contributed by atoms with Gasteiger partial charge in [0.25, 0.3) is 0 Å². The second-order valence-electron chi connectivity index (χ2n) is 5.75. The van der Waals surface area contributed by atoms with Gasteiger partial charge in [0.1, 0.15) is 17.2 Å². The largest absolute Gasteiger partial charge is 0.459 e. The maximum Gasteiger partial charge on any atom is 0.134 e. The van der Waals surface area contributed by atoms with Crippen LogP contribution in [-0.4, -0.2) is 0 Å². The summed E-state index contributed by atoms with van der Waals surface area (Å²) in [6.07, 6.45) is 0. The van der Waals surface area contributed by atoms with Gasteiger partial charge in [-0.1, -0.05) is 30.3 Å². The van der Waals surface area contributed by atoms with Crippen LogP contribution in [0.15, 0.2) is 52.9 Å². The molecule has 0 radical (unpaired) electrons. The van der Waals surface area contributed by atoms with E-state index in [1.165, 1.54) is 6.07 Å². The van der Waals surface area contributed by atoms with Gasteiger partial charge in [-0.3, -0.25) is 0 Å². The molecule has 0 saturated heterocycles. The quantitative estimate of drug-likeness (QED) is 0.707. The highest BCUT2D eigenvalue weighted by Crippen LogP contribution is 2.30. The van der Waals surface area contributed by atoms with Crippen molar-refractivity contribution in [2.45, 2.75) is 32.9 Å². The number of nitrogens with one attached hydrogen (secondary N) is 1. The molecule has 0 amide bonds. The highest BCUT2D eigenvalue weighted by molar-refractivity contribution is 5.82. The molecule has 3 rings (SSSR count). The highest BCUT2D eigenvalue weighted by atomic mass is 19.1. The molecule has 3 aromatic rings. The third-order valence-corrected chi connectivity index (χ3v) is 4.12. The van der Waals surface area contributed by atoms with E-state index in [9.17, 15) is 4.39 Å². The lowest BCUT2D eigenvalue weighted by Crippen LogP contribution is -2.22. The number of benzene rings is 2. The molecule has 0 bridgehead atoms. The summed E-state index contributed by atoms with van der Waals surface area (Å²) in [5.74, 6) is 0.725. The second-order valence-corrected chi connectivity index (χ2v) is 5.75. The zero-order chi connectivity index (χ0) is 15.7. The number of hydrogen-bond acceptors (Lipinski definition) is 2. The molecule has 22 heavy (non-hydrogen) atoms. The number of rotatable bonds is 4. The van der Waals surface area contributed by atoms with Crippen LogP contribution in [0.3, 0.4) is 0 Å². The first-order chi connectivity index (χ1) is 10.6. The lowest BCUT2D eigenvalue weighted by Gasteiger charge is -2.19. The Kier molecular flexibility index (Phi) is 3.99. The van der Waals surface area contributed by atoms with Gasteiger partial charge in [0, 0.05) is 11.4 Å². The average molecular weight is 297 g/mol. The Hall–Kier alpha value is -2.13. The summed E-state index contributed by atoms with van der Waals surface area (Å²) in [6, 6.07) is 14.8. The van der Waals surface area contributed by atoms with Crippen LogP contribution in [-0.2, 0) is 0 Å². The molecule has 0 fully saturated rings. The predicted molar refractivity (Wildman–Crippen MR) is 87.3 cm³/mol. The molecule has 2 atom stereocenters. The second kappa shape index (κ2) is 5.93. The Morgan fingerprint density at radius 2 is 1.77 bits per heavy atom. The zero-order valence-electron chi connectivity index (χ0n) is 13.1. The summed E-state index contributed by atoms with van der Waals surface area (Å²) in [4.78, 5) is 0. The van der Waals surface area contributed by atoms with Gasteiger partial charge in [0.2, 0.25) is 0 Å². The molecule has 3 heteroatoms. The number of furan rings is 1. The fourth-order valence-electron chi connectivity index (χ4n) is 2.93. The van der Waals surface area contributed by atoms with Crippen LogP contribution in [0.1, 0.15) is 42.8 Å². The van der Waals surface area contributed by atoms with Crippen LogP contribution in [0.5, 0.6) is 0 Å². The van der Waals surface area contributed by atoms with Crippen LogP contribution < -0.4 is 5.32 Å². The maximum absolute atomic E-state index is 13.3. The minimum atomic E-state index is -0.210. The van der Waals surface area contributed by atoms with Gasteiger partial charge in [0.15, 0.2) is 0 Å². The molecule has 1 aromatic heterocycles. The average Bonchev–Trinajstić information content (AvgIpc) is 2.85. The Bertz CT molecular complexity index is 793. The first kappa shape index (κ1) is 14.8. The van der Waals surface area contributed by atoms with Crippen molar-refractivity contribution < 1.29 is 8.81 Å². The summed E-state index contributed by atoms with van der Waals surface area (Å²) in [6.45, 7) is 6.18. The van der Waals surface area contributed by atoms with Crippen LogP contribution in [0.25, 0.3) is 11.0 Å². The molecule has 0 aliphatic carbocycles. The Labute approximate surface area is 130 Å². The van der Waals surface area contributed by atoms with E-state index in [1.54, 1.807) is 12.1 Å². The fourth-order valence-corrected chi connectivity index (χ4v) is 2.93. The van der Waals surface area contributed by atoms with E-state index in [-0.39, 0.29) is 17.9 Å². The molecule has 1 heterocycles. The molecule has 0 spiro atoms. The van der Waals surface area contributed by atoms with E-state index in [4.69, 9.17) is 4.42 Å². The minimum absolute atomic E-state index is 0.0401. The molecule has 0 aliphatic heterocycles. The summed E-state index contributed by atoms with van der Waals surface area (Å²) in [5.41, 5.74) is 2.99. The normalized spacial score (nSPS) is 14.2. The smallest absolute Gasteiger partial charge is 0.134 e. The molecular formula is C19H20FNO. The number of para-hydroxylation sites is 1.